The molecule has 0 bridgehead atoms. The molecule has 0 amide bonds. The van der Waals surface area contributed by atoms with Gasteiger partial charge in [0.05, 0.1) is 5.69 Å². The van der Waals surface area contributed by atoms with Gasteiger partial charge in [-0.1, -0.05) is 25.9 Å². The van der Waals surface area contributed by atoms with E-state index >= 15 is 0 Å². The third-order valence-electron chi connectivity index (χ3n) is 3.28. The zero-order valence-corrected chi connectivity index (χ0v) is 13.5. The van der Waals surface area contributed by atoms with Gasteiger partial charge in [-0.2, -0.15) is 0 Å². The van der Waals surface area contributed by atoms with Gasteiger partial charge in [0, 0.05) is 30.6 Å². The van der Waals surface area contributed by atoms with Crippen LogP contribution in [-0.2, 0) is 12.0 Å². The maximum Gasteiger partial charge on any atom is 0.138 e. The van der Waals surface area contributed by atoms with E-state index in [4.69, 9.17) is 4.52 Å². The lowest BCUT2D eigenvalue weighted by Gasteiger charge is -2.18. The second-order valence-corrected chi connectivity index (χ2v) is 6.12. The summed E-state index contributed by atoms with van der Waals surface area (Å²) in [5, 5.41) is 10.4. The Bertz CT molecular complexity index is 608. The summed E-state index contributed by atoms with van der Waals surface area (Å²) in [5.74, 6) is 3.23. The monoisotopic (exact) mass is 289 g/mol. The molecule has 0 aromatic carbocycles. The van der Waals surface area contributed by atoms with E-state index in [1.807, 2.05) is 27.0 Å². The van der Waals surface area contributed by atoms with Crippen LogP contribution in [0.2, 0.25) is 0 Å². The van der Waals surface area contributed by atoms with Crippen molar-refractivity contribution in [2.75, 3.05) is 17.7 Å². The lowest BCUT2D eigenvalue weighted by molar-refractivity contribution is 0.392. The van der Waals surface area contributed by atoms with Crippen LogP contribution >= 0.6 is 0 Å². The Morgan fingerprint density at radius 3 is 2.33 bits per heavy atom. The van der Waals surface area contributed by atoms with Crippen molar-refractivity contribution in [3.05, 3.63) is 28.9 Å². The molecule has 0 radical (unpaired) electrons. The molecule has 0 aliphatic heterocycles. The average Bonchev–Trinajstić information content (AvgIpc) is 2.74. The van der Waals surface area contributed by atoms with Gasteiger partial charge in [-0.05, 0) is 13.8 Å². The molecule has 6 nitrogen and oxygen atoms in total. The molecule has 0 aliphatic rings. The van der Waals surface area contributed by atoms with Gasteiger partial charge in [-0.3, -0.25) is 0 Å². The fourth-order valence-corrected chi connectivity index (χ4v) is 1.93. The number of aryl methyl sites for hydroxylation is 2. The zero-order chi connectivity index (χ0) is 15.6. The van der Waals surface area contributed by atoms with Crippen LogP contribution in [0, 0.1) is 13.8 Å². The first-order valence-corrected chi connectivity index (χ1v) is 7.04. The lowest BCUT2D eigenvalue weighted by Crippen LogP contribution is -2.18. The standard InChI is InChI=1S/C15H23N5O/c1-9-11(10(2)21-20-9)8-17-13-7-12(16-6)18-14(19-13)15(3,4)5/h7H,8H2,1-6H3,(H2,16,17,18,19). The molecule has 0 spiro atoms. The van der Waals surface area contributed by atoms with Crippen molar-refractivity contribution < 1.29 is 4.52 Å². The molecule has 21 heavy (non-hydrogen) atoms. The lowest BCUT2D eigenvalue weighted by atomic mass is 9.96. The third-order valence-corrected chi connectivity index (χ3v) is 3.28. The molecule has 2 N–H and O–H groups in total. The molecule has 2 aromatic rings. The molecular formula is C15H23N5O. The van der Waals surface area contributed by atoms with E-state index in [0.29, 0.717) is 6.54 Å². The molecule has 0 aliphatic carbocycles. The number of aromatic nitrogens is 3. The van der Waals surface area contributed by atoms with Gasteiger partial charge in [0.2, 0.25) is 0 Å². The average molecular weight is 289 g/mol. The minimum absolute atomic E-state index is 0.105. The van der Waals surface area contributed by atoms with Crippen molar-refractivity contribution >= 4 is 11.6 Å². The van der Waals surface area contributed by atoms with Crippen molar-refractivity contribution in [2.45, 2.75) is 46.6 Å². The largest absolute Gasteiger partial charge is 0.373 e. The fraction of sp³-hybridized carbons (Fsp3) is 0.533. The Morgan fingerprint density at radius 2 is 1.81 bits per heavy atom. The van der Waals surface area contributed by atoms with Crippen LogP contribution in [0.5, 0.6) is 0 Å². The number of rotatable bonds is 4. The van der Waals surface area contributed by atoms with Crippen LogP contribution in [-0.4, -0.2) is 22.2 Å². The van der Waals surface area contributed by atoms with Crippen LogP contribution < -0.4 is 10.6 Å². The molecule has 0 fully saturated rings. The summed E-state index contributed by atoms with van der Waals surface area (Å²) >= 11 is 0. The Kier molecular flexibility index (Phi) is 4.16. The summed E-state index contributed by atoms with van der Waals surface area (Å²) in [4.78, 5) is 9.11. The van der Waals surface area contributed by atoms with E-state index in [1.165, 1.54) is 0 Å². The quantitative estimate of drug-likeness (QED) is 0.901. The maximum atomic E-state index is 5.17. The topological polar surface area (TPSA) is 75.9 Å². The van der Waals surface area contributed by atoms with Crippen LogP contribution in [0.4, 0.5) is 11.6 Å². The number of hydrogen-bond acceptors (Lipinski definition) is 6. The Labute approximate surface area is 125 Å². The Hall–Kier alpha value is -2.11. The van der Waals surface area contributed by atoms with Crippen molar-refractivity contribution in [2.24, 2.45) is 0 Å². The van der Waals surface area contributed by atoms with Crippen molar-refractivity contribution in [1.82, 2.24) is 15.1 Å². The van der Waals surface area contributed by atoms with Crippen LogP contribution in [0.3, 0.4) is 0 Å². The third kappa shape index (κ3) is 3.51. The first-order chi connectivity index (χ1) is 9.81. The summed E-state index contributed by atoms with van der Waals surface area (Å²) in [7, 11) is 1.85. The van der Waals surface area contributed by atoms with Crippen molar-refractivity contribution in [3.63, 3.8) is 0 Å². The molecule has 0 unspecified atom stereocenters. The molecule has 0 saturated carbocycles. The summed E-state index contributed by atoms with van der Waals surface area (Å²) in [6.07, 6.45) is 0. The second-order valence-electron chi connectivity index (χ2n) is 6.12. The highest BCUT2D eigenvalue weighted by Gasteiger charge is 2.19. The first kappa shape index (κ1) is 15.3. The highest BCUT2D eigenvalue weighted by Crippen LogP contribution is 2.23. The van der Waals surface area contributed by atoms with E-state index < -0.39 is 0 Å². The zero-order valence-electron chi connectivity index (χ0n) is 13.5. The predicted molar refractivity (Wildman–Crippen MR) is 83.6 cm³/mol. The number of anilines is 2. The summed E-state index contributed by atoms with van der Waals surface area (Å²) < 4.78 is 5.17. The minimum Gasteiger partial charge on any atom is -0.373 e. The van der Waals surface area contributed by atoms with E-state index in [1.54, 1.807) is 0 Å². The summed E-state index contributed by atoms with van der Waals surface area (Å²) in [5.41, 5.74) is 1.86. The van der Waals surface area contributed by atoms with Gasteiger partial charge in [0.25, 0.3) is 0 Å². The van der Waals surface area contributed by atoms with Gasteiger partial charge in [0.15, 0.2) is 0 Å². The van der Waals surface area contributed by atoms with E-state index in [2.05, 4.69) is 46.5 Å². The van der Waals surface area contributed by atoms with Crippen molar-refractivity contribution in [3.8, 4) is 0 Å². The van der Waals surface area contributed by atoms with Gasteiger partial charge >= 0.3 is 0 Å². The van der Waals surface area contributed by atoms with Crippen molar-refractivity contribution in [1.29, 1.82) is 0 Å². The minimum atomic E-state index is -0.105. The van der Waals surface area contributed by atoms with Crippen LogP contribution in [0.25, 0.3) is 0 Å². The van der Waals surface area contributed by atoms with Crippen LogP contribution in [0.1, 0.15) is 43.6 Å². The second kappa shape index (κ2) is 5.71. The molecule has 0 atom stereocenters. The number of hydrogen-bond donors (Lipinski definition) is 2. The molecule has 2 rings (SSSR count). The van der Waals surface area contributed by atoms with E-state index in [0.717, 1.165) is 34.5 Å². The molecule has 6 heteroatoms. The van der Waals surface area contributed by atoms with Gasteiger partial charge in [-0.25, -0.2) is 9.97 Å². The van der Waals surface area contributed by atoms with Crippen LogP contribution in [0.15, 0.2) is 10.6 Å². The van der Waals surface area contributed by atoms with E-state index in [-0.39, 0.29) is 5.41 Å². The smallest absolute Gasteiger partial charge is 0.138 e. The highest BCUT2D eigenvalue weighted by atomic mass is 16.5. The molecule has 0 saturated heterocycles. The first-order valence-electron chi connectivity index (χ1n) is 7.04. The SMILES string of the molecule is CNc1cc(NCc2c(C)noc2C)nc(C(C)(C)C)n1. The molecule has 114 valence electrons. The summed E-state index contributed by atoms with van der Waals surface area (Å²) in [6.45, 7) is 10.8. The van der Waals surface area contributed by atoms with Gasteiger partial charge in [-0.15, -0.1) is 0 Å². The summed E-state index contributed by atoms with van der Waals surface area (Å²) in [6, 6.07) is 1.90. The highest BCUT2D eigenvalue weighted by molar-refractivity contribution is 5.48. The molecular weight excluding hydrogens is 266 g/mol. The number of nitrogens with one attached hydrogen (secondary N) is 2. The molecule has 2 aromatic heterocycles. The fourth-order valence-electron chi connectivity index (χ4n) is 1.93. The maximum absolute atomic E-state index is 5.17. The van der Waals surface area contributed by atoms with Gasteiger partial charge in [0.1, 0.15) is 23.2 Å². The van der Waals surface area contributed by atoms with E-state index in [9.17, 15) is 0 Å². The van der Waals surface area contributed by atoms with Gasteiger partial charge < -0.3 is 15.2 Å². The Morgan fingerprint density at radius 1 is 1.14 bits per heavy atom. The number of nitrogens with zero attached hydrogens (tertiary/aromatic N) is 3. The predicted octanol–water partition coefficient (Wildman–Crippen LogP) is 3.03. The Balaban J connectivity index is 2.24. The normalized spacial score (nSPS) is 11.5. The molecule has 2 heterocycles.